The molecule has 3 rings (SSSR count). The summed E-state index contributed by atoms with van der Waals surface area (Å²) in [4.78, 5) is 0. The Morgan fingerprint density at radius 1 is 1.31 bits per heavy atom. The third-order valence-corrected chi connectivity index (χ3v) is 2.37. The van der Waals surface area contributed by atoms with Crippen LogP contribution in [0.4, 0.5) is 0 Å². The summed E-state index contributed by atoms with van der Waals surface area (Å²) in [7, 11) is 0. The van der Waals surface area contributed by atoms with E-state index < -0.39 is 0 Å². The molecule has 0 fully saturated rings. The maximum absolute atomic E-state index is 4.27. The molecule has 13 heavy (non-hydrogen) atoms. The van der Waals surface area contributed by atoms with Gasteiger partial charge in [0.2, 0.25) is 0 Å². The summed E-state index contributed by atoms with van der Waals surface area (Å²) in [6.07, 6.45) is 6.14. The van der Waals surface area contributed by atoms with Crippen LogP contribution >= 0.6 is 0 Å². The van der Waals surface area contributed by atoms with E-state index in [4.69, 9.17) is 0 Å². The van der Waals surface area contributed by atoms with Crippen LogP contribution in [0.25, 0.3) is 5.57 Å². The van der Waals surface area contributed by atoms with Crippen molar-refractivity contribution in [3.63, 3.8) is 0 Å². The van der Waals surface area contributed by atoms with Gasteiger partial charge in [-0.05, 0) is 0 Å². The van der Waals surface area contributed by atoms with Crippen LogP contribution < -0.4 is 5.32 Å². The van der Waals surface area contributed by atoms with Gasteiger partial charge in [0.25, 0.3) is 0 Å². The average molecular weight is 173 g/mol. The van der Waals surface area contributed by atoms with Crippen molar-refractivity contribution in [1.29, 1.82) is 0 Å². The lowest BCUT2D eigenvalue weighted by molar-refractivity contribution is 0.494. The van der Waals surface area contributed by atoms with Crippen LogP contribution in [-0.4, -0.2) is 21.3 Å². The lowest BCUT2D eigenvalue weighted by Crippen LogP contribution is -2.24. The first-order chi connectivity index (χ1) is 6.45. The molecule has 2 aliphatic rings. The van der Waals surface area contributed by atoms with Gasteiger partial charge in [0.05, 0.1) is 6.54 Å². The first kappa shape index (κ1) is 7.03. The number of fused-ring (bicyclic) bond motifs is 1. The molecule has 1 radical (unpaired) electrons. The van der Waals surface area contributed by atoms with E-state index in [1.807, 2.05) is 6.08 Å². The predicted octanol–water partition coefficient (Wildman–Crippen LogP) is 0.349. The van der Waals surface area contributed by atoms with Gasteiger partial charge in [-0.15, -0.1) is 10.2 Å². The summed E-state index contributed by atoms with van der Waals surface area (Å²) in [6.45, 7) is 2.52. The zero-order valence-electron chi connectivity index (χ0n) is 7.14. The molecule has 0 saturated carbocycles. The standard InChI is InChI=1S/C9H9N4/c1-2-7(3-1)9-12-11-8-6-10-4-5-13(8)9/h1-3H,4-6H2. The fourth-order valence-electron chi connectivity index (χ4n) is 1.59. The molecule has 1 aromatic heterocycles. The molecule has 0 saturated heterocycles. The Morgan fingerprint density at radius 3 is 3.00 bits per heavy atom. The quantitative estimate of drug-likeness (QED) is 0.615. The van der Waals surface area contributed by atoms with E-state index in [2.05, 4.69) is 32.2 Å². The van der Waals surface area contributed by atoms with Crippen molar-refractivity contribution in [3.05, 3.63) is 29.9 Å². The van der Waals surface area contributed by atoms with Crippen molar-refractivity contribution in [1.82, 2.24) is 20.1 Å². The molecule has 1 aliphatic heterocycles. The van der Waals surface area contributed by atoms with Crippen molar-refractivity contribution in [2.45, 2.75) is 13.1 Å². The highest BCUT2D eigenvalue weighted by atomic mass is 15.3. The monoisotopic (exact) mass is 173 g/mol. The minimum atomic E-state index is 0.712. The molecule has 0 unspecified atom stereocenters. The highest BCUT2D eigenvalue weighted by Crippen LogP contribution is 2.21. The second-order valence-corrected chi connectivity index (χ2v) is 3.18. The molecule has 0 N–H and O–H groups in total. The second kappa shape index (κ2) is 2.53. The Labute approximate surface area is 76.0 Å². The van der Waals surface area contributed by atoms with Gasteiger partial charge in [-0.2, -0.15) is 0 Å². The number of hydrogen-bond acceptors (Lipinski definition) is 2. The molecular formula is C9H9N4. The molecule has 1 aromatic rings. The largest absolute Gasteiger partial charge is 0.309 e. The molecule has 0 spiro atoms. The van der Waals surface area contributed by atoms with E-state index in [9.17, 15) is 0 Å². The topological polar surface area (TPSA) is 44.8 Å². The number of allylic oxidation sites excluding steroid dienone is 4. The van der Waals surface area contributed by atoms with Crippen LogP contribution in [0, 0.1) is 0 Å². The Balaban J connectivity index is 2.05. The Morgan fingerprint density at radius 2 is 2.23 bits per heavy atom. The van der Waals surface area contributed by atoms with E-state index in [1.54, 1.807) is 0 Å². The highest BCUT2D eigenvalue weighted by molar-refractivity contribution is 5.77. The van der Waals surface area contributed by atoms with Crippen LogP contribution in [0.2, 0.25) is 0 Å². The third kappa shape index (κ3) is 0.954. The first-order valence-corrected chi connectivity index (χ1v) is 4.39. The van der Waals surface area contributed by atoms with E-state index in [-0.39, 0.29) is 0 Å². The number of aromatic nitrogens is 3. The number of rotatable bonds is 1. The second-order valence-electron chi connectivity index (χ2n) is 3.18. The minimum Gasteiger partial charge on any atom is -0.309 e. The highest BCUT2D eigenvalue weighted by Gasteiger charge is 2.18. The third-order valence-electron chi connectivity index (χ3n) is 2.37. The lowest BCUT2D eigenvalue weighted by Gasteiger charge is -2.15. The smallest absolute Gasteiger partial charge is 0.164 e. The zero-order chi connectivity index (χ0) is 8.67. The van der Waals surface area contributed by atoms with Gasteiger partial charge < -0.3 is 4.57 Å². The lowest BCUT2D eigenvalue weighted by atomic mass is 10.1. The number of nitrogens with zero attached hydrogens (tertiary/aromatic N) is 4. The molecular weight excluding hydrogens is 164 g/mol. The molecule has 1 aliphatic carbocycles. The van der Waals surface area contributed by atoms with Gasteiger partial charge in [-0.25, -0.2) is 5.32 Å². The first-order valence-electron chi connectivity index (χ1n) is 4.39. The van der Waals surface area contributed by atoms with Crippen molar-refractivity contribution in [2.24, 2.45) is 0 Å². The zero-order valence-corrected chi connectivity index (χ0v) is 7.14. The SMILES string of the molecule is C1=CC(c2nnc3n2CC[N]C3)=C1. The van der Waals surface area contributed by atoms with Crippen molar-refractivity contribution >= 4 is 5.57 Å². The van der Waals surface area contributed by atoms with Crippen LogP contribution in [0.1, 0.15) is 11.6 Å². The van der Waals surface area contributed by atoms with Gasteiger partial charge in [-0.3, -0.25) is 0 Å². The van der Waals surface area contributed by atoms with Crippen LogP contribution in [0.5, 0.6) is 0 Å². The van der Waals surface area contributed by atoms with Gasteiger partial charge in [0, 0.05) is 18.7 Å². The molecule has 0 amide bonds. The van der Waals surface area contributed by atoms with E-state index in [0.29, 0.717) is 6.54 Å². The average Bonchev–Trinajstić information content (AvgIpc) is 2.47. The fourth-order valence-corrected chi connectivity index (χ4v) is 1.59. The van der Waals surface area contributed by atoms with Crippen LogP contribution in [0.3, 0.4) is 0 Å². The summed E-state index contributed by atoms with van der Waals surface area (Å²) in [5, 5.41) is 12.5. The predicted molar refractivity (Wildman–Crippen MR) is 47.8 cm³/mol. The summed E-state index contributed by atoms with van der Waals surface area (Å²) >= 11 is 0. The van der Waals surface area contributed by atoms with E-state index in [1.165, 1.54) is 5.57 Å². The molecule has 0 aromatic carbocycles. The molecule has 4 heteroatoms. The van der Waals surface area contributed by atoms with E-state index >= 15 is 0 Å². The molecule has 65 valence electrons. The molecule has 0 bridgehead atoms. The summed E-state index contributed by atoms with van der Waals surface area (Å²) in [6, 6.07) is 0. The summed E-state index contributed by atoms with van der Waals surface area (Å²) < 4.78 is 2.16. The van der Waals surface area contributed by atoms with E-state index in [0.717, 1.165) is 24.7 Å². The van der Waals surface area contributed by atoms with Crippen molar-refractivity contribution < 1.29 is 0 Å². The maximum atomic E-state index is 4.27. The van der Waals surface area contributed by atoms with Crippen molar-refractivity contribution in [3.8, 4) is 0 Å². The Hall–Kier alpha value is -1.42. The van der Waals surface area contributed by atoms with Gasteiger partial charge in [-0.1, -0.05) is 18.2 Å². The maximum Gasteiger partial charge on any atom is 0.164 e. The molecule has 4 nitrogen and oxygen atoms in total. The van der Waals surface area contributed by atoms with Gasteiger partial charge in [0.15, 0.2) is 5.82 Å². The molecule has 2 heterocycles. The van der Waals surface area contributed by atoms with Crippen molar-refractivity contribution in [2.75, 3.05) is 6.54 Å². The summed E-state index contributed by atoms with van der Waals surface area (Å²) in [5.74, 6) is 1.98. The normalized spacial score (nSPS) is 19.2. The van der Waals surface area contributed by atoms with Crippen LogP contribution in [-0.2, 0) is 13.1 Å². The Bertz CT molecular complexity index is 400. The number of hydrogen-bond donors (Lipinski definition) is 0. The van der Waals surface area contributed by atoms with Crippen LogP contribution in [0.15, 0.2) is 18.2 Å². The summed E-state index contributed by atoms with van der Waals surface area (Å²) in [5.41, 5.74) is 1.18. The fraction of sp³-hybridized carbons (Fsp3) is 0.333. The van der Waals surface area contributed by atoms with Gasteiger partial charge in [0.1, 0.15) is 5.82 Å². The Kier molecular flexibility index (Phi) is 1.37. The van der Waals surface area contributed by atoms with Gasteiger partial charge >= 0.3 is 0 Å². The molecule has 0 atom stereocenters. The minimum absolute atomic E-state index is 0.712.